The summed E-state index contributed by atoms with van der Waals surface area (Å²) in [5.41, 5.74) is 4.64. The summed E-state index contributed by atoms with van der Waals surface area (Å²) in [6, 6.07) is 17.0. The Morgan fingerprint density at radius 1 is 1.00 bits per heavy atom. The number of thioether (sulfide) groups is 1. The maximum Gasteiger partial charge on any atom is 0.231 e. The highest BCUT2D eigenvalue weighted by Gasteiger charge is 2.20. The Hall–Kier alpha value is -3.83. The minimum atomic E-state index is 0.214. The molecule has 0 saturated heterocycles. The smallest absolute Gasteiger partial charge is 0.231 e. The van der Waals surface area contributed by atoms with E-state index in [4.69, 9.17) is 19.7 Å². The van der Waals surface area contributed by atoms with Gasteiger partial charge in [0.15, 0.2) is 16.7 Å². The van der Waals surface area contributed by atoms with Crippen molar-refractivity contribution >= 4 is 11.8 Å². The Balaban J connectivity index is 1.67. The standard InChI is InChI=1S/C22H15N5O2S/c1-30-22-24-9-8-16(25-22)20-19(15-6-7-17-18(10-15)29-12-28-17)26-21(27-20)14-4-2-13(11-23)3-5-14/h2-10H,12H2,1H3,(H,26,27). The van der Waals surface area contributed by atoms with Gasteiger partial charge in [-0.2, -0.15) is 5.26 Å². The first-order valence-electron chi connectivity index (χ1n) is 9.13. The molecule has 0 spiro atoms. The molecule has 2 aromatic heterocycles. The highest BCUT2D eigenvalue weighted by atomic mass is 32.2. The molecule has 8 heteroatoms. The van der Waals surface area contributed by atoms with Crippen LogP contribution in [-0.2, 0) is 0 Å². The first-order valence-corrected chi connectivity index (χ1v) is 10.4. The third-order valence-electron chi connectivity index (χ3n) is 4.71. The predicted octanol–water partition coefficient (Wildman–Crippen LogP) is 4.52. The van der Waals surface area contributed by atoms with E-state index >= 15 is 0 Å². The van der Waals surface area contributed by atoms with Crippen molar-refractivity contribution in [2.75, 3.05) is 13.0 Å². The van der Waals surface area contributed by atoms with E-state index in [2.05, 4.69) is 21.0 Å². The summed E-state index contributed by atoms with van der Waals surface area (Å²) in [5, 5.41) is 9.74. The van der Waals surface area contributed by atoms with Gasteiger partial charge in [-0.05, 0) is 54.8 Å². The molecular formula is C22H15N5O2S. The Morgan fingerprint density at radius 3 is 2.60 bits per heavy atom. The van der Waals surface area contributed by atoms with E-state index in [1.807, 2.05) is 42.7 Å². The second-order valence-corrected chi connectivity index (χ2v) is 7.27. The third kappa shape index (κ3) is 3.25. The SMILES string of the molecule is CSc1nccc(-c2[nH]c(-c3ccc(C#N)cc3)nc2-c2ccc3c(c2)OCO3)n1. The van der Waals surface area contributed by atoms with Gasteiger partial charge in [-0.1, -0.05) is 11.8 Å². The summed E-state index contributed by atoms with van der Waals surface area (Å²) in [5.74, 6) is 2.09. The van der Waals surface area contributed by atoms with Crippen LogP contribution in [0.25, 0.3) is 34.0 Å². The first kappa shape index (κ1) is 18.2. The molecule has 7 nitrogen and oxygen atoms in total. The quantitative estimate of drug-likeness (QED) is 0.388. The molecule has 1 N–H and O–H groups in total. The molecule has 0 fully saturated rings. The third-order valence-corrected chi connectivity index (χ3v) is 5.27. The molecule has 4 aromatic rings. The van der Waals surface area contributed by atoms with Crippen LogP contribution in [-0.4, -0.2) is 33.0 Å². The fraction of sp³-hybridized carbons (Fsp3) is 0.0909. The molecule has 0 atom stereocenters. The van der Waals surface area contributed by atoms with Crippen LogP contribution in [0.2, 0.25) is 0 Å². The zero-order valence-electron chi connectivity index (χ0n) is 15.9. The maximum atomic E-state index is 9.06. The Kier molecular flexibility index (Phi) is 4.58. The number of fused-ring (bicyclic) bond motifs is 1. The second kappa shape index (κ2) is 7.54. The maximum absolute atomic E-state index is 9.06. The van der Waals surface area contributed by atoms with Crippen LogP contribution in [0.4, 0.5) is 0 Å². The average molecular weight is 413 g/mol. The zero-order valence-corrected chi connectivity index (χ0v) is 16.7. The van der Waals surface area contributed by atoms with Crippen molar-refractivity contribution in [1.82, 2.24) is 19.9 Å². The largest absolute Gasteiger partial charge is 0.454 e. The number of nitriles is 1. The normalized spacial score (nSPS) is 12.0. The lowest BCUT2D eigenvalue weighted by Gasteiger charge is -2.05. The summed E-state index contributed by atoms with van der Waals surface area (Å²) in [6.07, 6.45) is 3.67. The average Bonchev–Trinajstić information content (AvgIpc) is 3.46. The van der Waals surface area contributed by atoms with Gasteiger partial charge in [0.1, 0.15) is 5.82 Å². The molecule has 5 rings (SSSR count). The molecule has 0 bridgehead atoms. The van der Waals surface area contributed by atoms with Crippen LogP contribution in [0.3, 0.4) is 0 Å². The van der Waals surface area contributed by atoms with E-state index in [-0.39, 0.29) is 6.79 Å². The van der Waals surface area contributed by atoms with Gasteiger partial charge in [0.2, 0.25) is 6.79 Å². The lowest BCUT2D eigenvalue weighted by atomic mass is 10.1. The van der Waals surface area contributed by atoms with Gasteiger partial charge in [0.25, 0.3) is 0 Å². The molecule has 0 amide bonds. The second-order valence-electron chi connectivity index (χ2n) is 6.49. The molecule has 0 aliphatic carbocycles. The van der Waals surface area contributed by atoms with Gasteiger partial charge in [-0.25, -0.2) is 15.0 Å². The lowest BCUT2D eigenvalue weighted by Crippen LogP contribution is -1.93. The molecular weight excluding hydrogens is 398 g/mol. The monoisotopic (exact) mass is 413 g/mol. The van der Waals surface area contributed by atoms with Gasteiger partial charge in [0, 0.05) is 17.3 Å². The molecule has 30 heavy (non-hydrogen) atoms. The van der Waals surface area contributed by atoms with Gasteiger partial charge in [0.05, 0.1) is 28.7 Å². The minimum absolute atomic E-state index is 0.214. The molecule has 1 aliphatic heterocycles. The number of rotatable bonds is 4. The van der Waals surface area contributed by atoms with Gasteiger partial charge in [-0.15, -0.1) is 0 Å². The van der Waals surface area contributed by atoms with Crippen molar-refractivity contribution in [2.24, 2.45) is 0 Å². The fourth-order valence-electron chi connectivity index (χ4n) is 3.23. The van der Waals surface area contributed by atoms with Crippen LogP contribution in [0.5, 0.6) is 11.5 Å². The van der Waals surface area contributed by atoms with Crippen molar-refractivity contribution in [1.29, 1.82) is 5.26 Å². The van der Waals surface area contributed by atoms with Crippen LogP contribution < -0.4 is 9.47 Å². The molecule has 3 heterocycles. The van der Waals surface area contributed by atoms with Crippen molar-refractivity contribution in [3.63, 3.8) is 0 Å². The van der Waals surface area contributed by atoms with E-state index in [1.165, 1.54) is 11.8 Å². The Morgan fingerprint density at radius 2 is 1.80 bits per heavy atom. The van der Waals surface area contributed by atoms with Gasteiger partial charge < -0.3 is 14.5 Å². The first-order chi connectivity index (χ1) is 14.7. The number of ether oxygens (including phenoxy) is 2. The molecule has 0 radical (unpaired) electrons. The lowest BCUT2D eigenvalue weighted by molar-refractivity contribution is 0.174. The van der Waals surface area contributed by atoms with Crippen molar-refractivity contribution in [3.05, 3.63) is 60.3 Å². The molecule has 0 unspecified atom stereocenters. The number of imidazole rings is 1. The van der Waals surface area contributed by atoms with Gasteiger partial charge in [-0.3, -0.25) is 0 Å². The van der Waals surface area contributed by atoms with Crippen LogP contribution in [0.15, 0.2) is 59.9 Å². The van der Waals surface area contributed by atoms with E-state index in [0.29, 0.717) is 22.3 Å². The van der Waals surface area contributed by atoms with Gasteiger partial charge >= 0.3 is 0 Å². The van der Waals surface area contributed by atoms with E-state index in [0.717, 1.165) is 34.0 Å². The minimum Gasteiger partial charge on any atom is -0.454 e. The number of aromatic nitrogens is 4. The summed E-state index contributed by atoms with van der Waals surface area (Å²) in [6.45, 7) is 0.214. The number of nitrogens with one attached hydrogen (secondary N) is 1. The number of H-pyrrole nitrogens is 1. The fourth-order valence-corrected chi connectivity index (χ4v) is 3.58. The van der Waals surface area contributed by atoms with E-state index < -0.39 is 0 Å². The number of benzene rings is 2. The van der Waals surface area contributed by atoms with E-state index in [1.54, 1.807) is 18.3 Å². The summed E-state index contributed by atoms with van der Waals surface area (Å²) in [7, 11) is 0. The van der Waals surface area contributed by atoms with Crippen molar-refractivity contribution < 1.29 is 9.47 Å². The van der Waals surface area contributed by atoms with Crippen molar-refractivity contribution in [3.8, 4) is 51.6 Å². The number of nitrogens with zero attached hydrogens (tertiary/aromatic N) is 4. The Bertz CT molecular complexity index is 1280. The highest BCUT2D eigenvalue weighted by molar-refractivity contribution is 7.98. The molecule has 1 aliphatic rings. The molecule has 146 valence electrons. The highest BCUT2D eigenvalue weighted by Crippen LogP contribution is 2.39. The van der Waals surface area contributed by atoms with Crippen LogP contribution in [0, 0.1) is 11.3 Å². The number of hydrogen-bond donors (Lipinski definition) is 1. The van der Waals surface area contributed by atoms with Crippen LogP contribution >= 0.6 is 11.8 Å². The number of hydrogen-bond acceptors (Lipinski definition) is 7. The molecule has 0 saturated carbocycles. The van der Waals surface area contributed by atoms with Crippen LogP contribution in [0.1, 0.15) is 5.56 Å². The summed E-state index contributed by atoms with van der Waals surface area (Å²) in [4.78, 5) is 17.2. The predicted molar refractivity (Wildman–Crippen MR) is 113 cm³/mol. The Labute approximate surface area is 176 Å². The number of aromatic amines is 1. The van der Waals surface area contributed by atoms with E-state index in [9.17, 15) is 0 Å². The summed E-state index contributed by atoms with van der Waals surface area (Å²) >= 11 is 1.48. The van der Waals surface area contributed by atoms with Crippen molar-refractivity contribution in [2.45, 2.75) is 5.16 Å². The summed E-state index contributed by atoms with van der Waals surface area (Å²) < 4.78 is 11.0. The molecule has 2 aromatic carbocycles. The topological polar surface area (TPSA) is 96.7 Å². The zero-order chi connectivity index (χ0) is 20.5.